The van der Waals surface area contributed by atoms with Crippen molar-refractivity contribution in [3.63, 3.8) is 0 Å². The number of nitrogens with one attached hydrogen (secondary N) is 2. The zero-order valence-corrected chi connectivity index (χ0v) is 11.8. The highest BCUT2D eigenvalue weighted by molar-refractivity contribution is 7.98. The second-order valence-corrected chi connectivity index (χ2v) is 4.54. The molecule has 1 rings (SSSR count). The SMILES string of the molecule is CCOC(=O)c1cnc(SC)nc1NNC(C)C. The number of rotatable bonds is 6. The highest BCUT2D eigenvalue weighted by atomic mass is 32.2. The first-order valence-corrected chi connectivity index (χ1v) is 6.90. The standard InChI is InChI=1S/C11H18N4O2S/c1-5-17-10(16)8-6-12-11(18-4)13-9(8)15-14-7(2)3/h6-7,14H,5H2,1-4H3,(H,12,13,15). The van der Waals surface area contributed by atoms with E-state index in [9.17, 15) is 4.79 Å². The van der Waals surface area contributed by atoms with E-state index in [1.165, 1.54) is 18.0 Å². The fourth-order valence-electron chi connectivity index (χ4n) is 1.13. The quantitative estimate of drug-likeness (QED) is 0.352. The number of hydrogen-bond acceptors (Lipinski definition) is 7. The summed E-state index contributed by atoms with van der Waals surface area (Å²) in [6, 6.07) is 0.216. The summed E-state index contributed by atoms with van der Waals surface area (Å²) >= 11 is 1.41. The first kappa shape index (κ1) is 14.7. The molecule has 0 spiro atoms. The molecule has 1 heterocycles. The number of anilines is 1. The van der Waals surface area contributed by atoms with Crippen LogP contribution in [0.2, 0.25) is 0 Å². The fraction of sp³-hybridized carbons (Fsp3) is 0.545. The Morgan fingerprint density at radius 3 is 2.83 bits per heavy atom. The van der Waals surface area contributed by atoms with Crippen molar-refractivity contribution in [2.75, 3.05) is 18.3 Å². The molecule has 0 atom stereocenters. The number of carbonyl (C=O) groups is 1. The van der Waals surface area contributed by atoms with Gasteiger partial charge in [0.2, 0.25) is 0 Å². The van der Waals surface area contributed by atoms with Gasteiger partial charge in [0.15, 0.2) is 11.0 Å². The number of hydrazine groups is 1. The molecule has 1 aromatic rings. The van der Waals surface area contributed by atoms with E-state index in [1.807, 2.05) is 20.1 Å². The number of carbonyl (C=O) groups excluding carboxylic acids is 1. The molecule has 2 N–H and O–H groups in total. The van der Waals surface area contributed by atoms with Crippen LogP contribution in [0.15, 0.2) is 11.4 Å². The largest absolute Gasteiger partial charge is 0.462 e. The first-order chi connectivity index (χ1) is 8.58. The predicted octanol–water partition coefficient (Wildman–Crippen LogP) is 1.70. The van der Waals surface area contributed by atoms with Gasteiger partial charge in [-0.2, -0.15) is 0 Å². The van der Waals surface area contributed by atoms with Crippen LogP contribution in [-0.2, 0) is 4.74 Å². The Morgan fingerprint density at radius 2 is 2.28 bits per heavy atom. The van der Waals surface area contributed by atoms with Gasteiger partial charge in [0.05, 0.1) is 6.61 Å². The van der Waals surface area contributed by atoms with Crippen molar-refractivity contribution in [2.45, 2.75) is 32.0 Å². The second kappa shape index (κ2) is 7.17. The van der Waals surface area contributed by atoms with Crippen molar-refractivity contribution in [2.24, 2.45) is 0 Å². The maximum absolute atomic E-state index is 11.7. The molecule has 0 aromatic carbocycles. The summed E-state index contributed by atoms with van der Waals surface area (Å²) in [7, 11) is 0. The fourth-order valence-corrected chi connectivity index (χ4v) is 1.47. The lowest BCUT2D eigenvalue weighted by molar-refractivity contribution is 0.0526. The molecule has 7 heteroatoms. The third-order valence-electron chi connectivity index (χ3n) is 1.92. The summed E-state index contributed by atoms with van der Waals surface area (Å²) in [5, 5.41) is 0.594. The summed E-state index contributed by atoms with van der Waals surface area (Å²) in [5.41, 5.74) is 6.23. The molecule has 0 unspecified atom stereocenters. The first-order valence-electron chi connectivity index (χ1n) is 5.68. The maximum Gasteiger partial charge on any atom is 0.343 e. The van der Waals surface area contributed by atoms with Crippen LogP contribution in [0, 0.1) is 0 Å². The van der Waals surface area contributed by atoms with E-state index in [0.29, 0.717) is 23.1 Å². The smallest absolute Gasteiger partial charge is 0.343 e. The Bertz CT molecular complexity index is 412. The minimum Gasteiger partial charge on any atom is -0.462 e. The number of ether oxygens (including phenoxy) is 1. The minimum absolute atomic E-state index is 0.216. The summed E-state index contributed by atoms with van der Waals surface area (Å²) in [5.74, 6) is -0.000269. The Labute approximate surface area is 111 Å². The van der Waals surface area contributed by atoms with Gasteiger partial charge in [0.25, 0.3) is 0 Å². The molecule has 1 aromatic heterocycles. The van der Waals surface area contributed by atoms with Gasteiger partial charge in [-0.25, -0.2) is 20.2 Å². The Morgan fingerprint density at radius 1 is 1.56 bits per heavy atom. The molecule has 0 amide bonds. The molecule has 100 valence electrons. The Kier molecular flexibility index (Phi) is 5.87. The van der Waals surface area contributed by atoms with E-state index >= 15 is 0 Å². The molecule has 18 heavy (non-hydrogen) atoms. The van der Waals surface area contributed by atoms with E-state index < -0.39 is 5.97 Å². The molecular formula is C11H18N4O2S. The minimum atomic E-state index is -0.432. The highest BCUT2D eigenvalue weighted by Crippen LogP contribution is 2.16. The van der Waals surface area contributed by atoms with Crippen molar-refractivity contribution in [3.05, 3.63) is 11.8 Å². The lowest BCUT2D eigenvalue weighted by Crippen LogP contribution is -2.30. The molecule has 0 aliphatic carbocycles. The maximum atomic E-state index is 11.7. The van der Waals surface area contributed by atoms with Gasteiger partial charge in [-0.1, -0.05) is 11.8 Å². The van der Waals surface area contributed by atoms with Crippen LogP contribution in [0.1, 0.15) is 31.1 Å². The van der Waals surface area contributed by atoms with Crippen LogP contribution >= 0.6 is 11.8 Å². The molecule has 6 nitrogen and oxygen atoms in total. The summed E-state index contributed by atoms with van der Waals surface area (Å²) in [6.07, 6.45) is 3.35. The molecule has 0 bridgehead atoms. The number of thioether (sulfide) groups is 1. The number of hydrogen-bond donors (Lipinski definition) is 2. The van der Waals surface area contributed by atoms with E-state index in [0.717, 1.165) is 0 Å². The molecule has 0 radical (unpaired) electrons. The van der Waals surface area contributed by atoms with Gasteiger partial charge in [-0.3, -0.25) is 0 Å². The number of esters is 1. The van der Waals surface area contributed by atoms with Gasteiger partial charge in [-0.05, 0) is 27.0 Å². The zero-order chi connectivity index (χ0) is 13.5. The van der Waals surface area contributed by atoms with Crippen LogP contribution in [0.5, 0.6) is 0 Å². The third-order valence-corrected chi connectivity index (χ3v) is 2.49. The van der Waals surface area contributed by atoms with Crippen LogP contribution in [-0.4, -0.2) is 34.8 Å². The van der Waals surface area contributed by atoms with Crippen LogP contribution < -0.4 is 10.9 Å². The normalized spacial score (nSPS) is 10.5. The van der Waals surface area contributed by atoms with Crippen LogP contribution in [0.25, 0.3) is 0 Å². The van der Waals surface area contributed by atoms with E-state index in [1.54, 1.807) is 6.92 Å². The molecule has 0 saturated heterocycles. The molecule has 0 fully saturated rings. The summed E-state index contributed by atoms with van der Waals surface area (Å²) in [6.45, 7) is 6.04. The molecule has 0 saturated carbocycles. The van der Waals surface area contributed by atoms with E-state index in [2.05, 4.69) is 20.8 Å². The monoisotopic (exact) mass is 270 g/mol. The number of nitrogens with zero attached hydrogens (tertiary/aromatic N) is 2. The predicted molar refractivity (Wildman–Crippen MR) is 71.7 cm³/mol. The Balaban J connectivity index is 2.96. The highest BCUT2D eigenvalue weighted by Gasteiger charge is 2.15. The van der Waals surface area contributed by atoms with Gasteiger partial charge in [0.1, 0.15) is 5.56 Å². The lowest BCUT2D eigenvalue weighted by atomic mass is 10.3. The van der Waals surface area contributed by atoms with E-state index in [4.69, 9.17) is 4.74 Å². The van der Waals surface area contributed by atoms with Crippen molar-refractivity contribution in [1.82, 2.24) is 15.4 Å². The van der Waals surface area contributed by atoms with Gasteiger partial charge < -0.3 is 10.2 Å². The molecule has 0 aliphatic rings. The average molecular weight is 270 g/mol. The van der Waals surface area contributed by atoms with Gasteiger partial charge in [-0.15, -0.1) is 0 Å². The topological polar surface area (TPSA) is 76.1 Å². The van der Waals surface area contributed by atoms with Crippen molar-refractivity contribution in [3.8, 4) is 0 Å². The lowest BCUT2D eigenvalue weighted by Gasteiger charge is -2.13. The van der Waals surface area contributed by atoms with Crippen molar-refractivity contribution in [1.29, 1.82) is 0 Å². The van der Waals surface area contributed by atoms with E-state index in [-0.39, 0.29) is 6.04 Å². The van der Waals surface area contributed by atoms with Gasteiger partial charge >= 0.3 is 5.97 Å². The average Bonchev–Trinajstić information content (AvgIpc) is 2.36. The summed E-state index contributed by atoms with van der Waals surface area (Å²) < 4.78 is 4.96. The number of aromatic nitrogens is 2. The van der Waals surface area contributed by atoms with Gasteiger partial charge in [0, 0.05) is 12.2 Å². The van der Waals surface area contributed by atoms with Crippen molar-refractivity contribution < 1.29 is 9.53 Å². The summed E-state index contributed by atoms with van der Waals surface area (Å²) in [4.78, 5) is 20.0. The van der Waals surface area contributed by atoms with Crippen molar-refractivity contribution >= 4 is 23.5 Å². The van der Waals surface area contributed by atoms with Crippen LogP contribution in [0.3, 0.4) is 0 Å². The molecule has 0 aliphatic heterocycles. The third kappa shape index (κ3) is 4.15. The molecular weight excluding hydrogens is 252 g/mol. The second-order valence-electron chi connectivity index (χ2n) is 3.76. The zero-order valence-electron chi connectivity index (χ0n) is 11.0. The Hall–Kier alpha value is -1.34. The van der Waals surface area contributed by atoms with Crippen LogP contribution in [0.4, 0.5) is 5.82 Å².